The summed E-state index contributed by atoms with van der Waals surface area (Å²) in [6.45, 7) is 0. The summed E-state index contributed by atoms with van der Waals surface area (Å²) in [5.41, 5.74) is 1.49. The molecule has 5 heteroatoms. The van der Waals surface area contributed by atoms with Crippen molar-refractivity contribution < 1.29 is 4.79 Å². The summed E-state index contributed by atoms with van der Waals surface area (Å²) < 4.78 is 1.90. The van der Waals surface area contributed by atoms with Gasteiger partial charge in [0.15, 0.2) is 0 Å². The minimum absolute atomic E-state index is 0.190. The van der Waals surface area contributed by atoms with Gasteiger partial charge in [0.2, 0.25) is 0 Å². The van der Waals surface area contributed by atoms with Gasteiger partial charge in [-0.2, -0.15) is 0 Å². The van der Waals surface area contributed by atoms with Gasteiger partial charge in [0, 0.05) is 30.0 Å². The van der Waals surface area contributed by atoms with Gasteiger partial charge >= 0.3 is 0 Å². The van der Waals surface area contributed by atoms with Gasteiger partial charge in [-0.05, 0) is 23.8 Å². The molecule has 1 N–H and O–H groups in total. The number of halogens is 1. The third kappa shape index (κ3) is 3.43. The largest absolute Gasteiger partial charge is 0.338 e. The lowest BCUT2D eigenvalue weighted by atomic mass is 10.1. The van der Waals surface area contributed by atoms with E-state index < -0.39 is 0 Å². The summed E-state index contributed by atoms with van der Waals surface area (Å²) in [6, 6.07) is 16.3. The molecule has 0 aliphatic rings. The van der Waals surface area contributed by atoms with Crippen LogP contribution in [0.3, 0.4) is 0 Å². The quantitative estimate of drug-likeness (QED) is 0.796. The van der Waals surface area contributed by atoms with Crippen molar-refractivity contribution in [3.63, 3.8) is 0 Å². The predicted molar refractivity (Wildman–Crippen MR) is 90.4 cm³/mol. The molecule has 0 bridgehead atoms. The van der Waals surface area contributed by atoms with Crippen molar-refractivity contribution in [2.75, 3.05) is 0 Å². The third-order valence-corrected chi connectivity index (χ3v) is 3.85. The van der Waals surface area contributed by atoms with E-state index in [9.17, 15) is 4.79 Å². The van der Waals surface area contributed by atoms with Crippen molar-refractivity contribution in [3.05, 3.63) is 89.0 Å². The molecule has 3 aromatic rings. The van der Waals surface area contributed by atoms with E-state index in [1.54, 1.807) is 30.5 Å². The Morgan fingerprint density at radius 3 is 2.61 bits per heavy atom. The lowest BCUT2D eigenvalue weighted by Crippen LogP contribution is -2.31. The molecule has 0 spiro atoms. The summed E-state index contributed by atoms with van der Waals surface area (Å²) >= 11 is 5.97. The van der Waals surface area contributed by atoms with Crippen LogP contribution in [0.15, 0.2) is 67.0 Å². The Bertz CT molecular complexity index is 814. The number of imidazole rings is 1. The Kier molecular flexibility index (Phi) is 4.44. The molecule has 1 unspecified atom stereocenters. The second kappa shape index (κ2) is 6.67. The molecule has 116 valence electrons. The molecule has 0 radical (unpaired) electrons. The fourth-order valence-electron chi connectivity index (χ4n) is 2.44. The molecule has 0 aliphatic heterocycles. The maximum atomic E-state index is 12.6. The molecule has 2 aromatic carbocycles. The van der Waals surface area contributed by atoms with E-state index in [2.05, 4.69) is 10.3 Å². The van der Waals surface area contributed by atoms with E-state index in [0.717, 1.165) is 11.4 Å². The van der Waals surface area contributed by atoms with Crippen LogP contribution in [0.25, 0.3) is 0 Å². The SMILES string of the molecule is Cn1ccnc1C(NC(=O)c1cccc(Cl)c1)c1ccccc1. The number of nitrogens with zero attached hydrogens (tertiary/aromatic N) is 2. The van der Waals surface area contributed by atoms with Crippen LogP contribution in [-0.2, 0) is 7.05 Å². The predicted octanol–water partition coefficient (Wildman–Crippen LogP) is 3.59. The molecule has 0 saturated carbocycles. The van der Waals surface area contributed by atoms with Crippen molar-refractivity contribution in [2.45, 2.75) is 6.04 Å². The summed E-state index contributed by atoms with van der Waals surface area (Å²) in [5.74, 6) is 0.580. The third-order valence-electron chi connectivity index (χ3n) is 3.61. The van der Waals surface area contributed by atoms with Gasteiger partial charge in [0.05, 0.1) is 0 Å². The van der Waals surface area contributed by atoms with Crippen LogP contribution < -0.4 is 5.32 Å². The number of nitrogens with one attached hydrogen (secondary N) is 1. The van der Waals surface area contributed by atoms with Gasteiger partial charge in [0.1, 0.15) is 11.9 Å². The van der Waals surface area contributed by atoms with E-state index >= 15 is 0 Å². The Hall–Kier alpha value is -2.59. The highest BCUT2D eigenvalue weighted by Gasteiger charge is 2.21. The zero-order valence-electron chi connectivity index (χ0n) is 12.6. The molecule has 0 saturated heterocycles. The summed E-state index contributed by atoms with van der Waals surface area (Å²) in [7, 11) is 1.91. The van der Waals surface area contributed by atoms with Gasteiger partial charge in [-0.1, -0.05) is 48.0 Å². The highest BCUT2D eigenvalue weighted by molar-refractivity contribution is 6.30. The lowest BCUT2D eigenvalue weighted by Gasteiger charge is -2.19. The van der Waals surface area contributed by atoms with Gasteiger partial charge in [-0.25, -0.2) is 4.98 Å². The van der Waals surface area contributed by atoms with E-state index in [4.69, 9.17) is 11.6 Å². The van der Waals surface area contributed by atoms with Gasteiger partial charge < -0.3 is 9.88 Å². The van der Waals surface area contributed by atoms with Crippen molar-refractivity contribution in [1.82, 2.24) is 14.9 Å². The minimum Gasteiger partial charge on any atom is -0.338 e. The zero-order valence-corrected chi connectivity index (χ0v) is 13.4. The molecule has 1 amide bonds. The number of amides is 1. The van der Waals surface area contributed by atoms with E-state index in [1.807, 2.05) is 48.1 Å². The number of rotatable bonds is 4. The number of aryl methyl sites for hydroxylation is 1. The Balaban J connectivity index is 1.94. The first-order valence-corrected chi connectivity index (χ1v) is 7.61. The molecular formula is C18H16ClN3O. The number of hydrogen-bond acceptors (Lipinski definition) is 2. The number of carbonyl (C=O) groups is 1. The number of benzene rings is 2. The molecule has 4 nitrogen and oxygen atoms in total. The fraction of sp³-hybridized carbons (Fsp3) is 0.111. The Labute approximate surface area is 139 Å². The summed E-state index contributed by atoms with van der Waals surface area (Å²) in [6.07, 6.45) is 3.58. The minimum atomic E-state index is -0.331. The van der Waals surface area contributed by atoms with Gasteiger partial charge in [0.25, 0.3) is 5.91 Å². The Morgan fingerprint density at radius 1 is 1.17 bits per heavy atom. The first-order chi connectivity index (χ1) is 11.1. The average molecular weight is 326 g/mol. The first kappa shape index (κ1) is 15.3. The molecule has 0 fully saturated rings. The Morgan fingerprint density at radius 2 is 1.96 bits per heavy atom. The summed E-state index contributed by atoms with van der Waals surface area (Å²) in [4.78, 5) is 17.0. The number of carbonyl (C=O) groups excluding carboxylic acids is 1. The van der Waals surface area contributed by atoms with Crippen LogP contribution in [0.4, 0.5) is 0 Å². The van der Waals surface area contributed by atoms with Crippen molar-refractivity contribution in [2.24, 2.45) is 7.05 Å². The molecule has 1 aromatic heterocycles. The second-order valence-corrected chi connectivity index (χ2v) is 5.66. The molecule has 0 aliphatic carbocycles. The van der Waals surface area contributed by atoms with E-state index in [0.29, 0.717) is 10.6 Å². The molecule has 1 heterocycles. The maximum Gasteiger partial charge on any atom is 0.252 e. The van der Waals surface area contributed by atoms with Gasteiger partial charge in [-0.15, -0.1) is 0 Å². The number of aromatic nitrogens is 2. The normalized spacial score (nSPS) is 11.9. The maximum absolute atomic E-state index is 12.6. The molecular weight excluding hydrogens is 310 g/mol. The van der Waals surface area contributed by atoms with Crippen LogP contribution >= 0.6 is 11.6 Å². The summed E-state index contributed by atoms with van der Waals surface area (Å²) in [5, 5.41) is 3.57. The van der Waals surface area contributed by atoms with Crippen molar-refractivity contribution >= 4 is 17.5 Å². The van der Waals surface area contributed by atoms with Crippen LogP contribution in [0.2, 0.25) is 5.02 Å². The average Bonchev–Trinajstić information content (AvgIpc) is 2.99. The van der Waals surface area contributed by atoms with Crippen LogP contribution in [0.5, 0.6) is 0 Å². The molecule has 23 heavy (non-hydrogen) atoms. The smallest absolute Gasteiger partial charge is 0.252 e. The van der Waals surface area contributed by atoms with E-state index in [1.165, 1.54) is 0 Å². The lowest BCUT2D eigenvalue weighted by molar-refractivity contribution is 0.0941. The monoisotopic (exact) mass is 325 g/mol. The highest BCUT2D eigenvalue weighted by atomic mass is 35.5. The fourth-order valence-corrected chi connectivity index (χ4v) is 2.63. The van der Waals surface area contributed by atoms with Crippen LogP contribution in [0.1, 0.15) is 27.8 Å². The molecule has 1 atom stereocenters. The standard InChI is InChI=1S/C18H16ClN3O/c1-22-11-10-20-17(22)16(13-6-3-2-4-7-13)21-18(23)14-8-5-9-15(19)12-14/h2-12,16H,1H3,(H,21,23). The zero-order chi connectivity index (χ0) is 16.2. The first-order valence-electron chi connectivity index (χ1n) is 7.24. The van der Waals surface area contributed by atoms with Gasteiger partial charge in [-0.3, -0.25) is 4.79 Å². The van der Waals surface area contributed by atoms with E-state index in [-0.39, 0.29) is 11.9 Å². The second-order valence-electron chi connectivity index (χ2n) is 5.22. The van der Waals surface area contributed by atoms with Crippen LogP contribution in [0, 0.1) is 0 Å². The van der Waals surface area contributed by atoms with Crippen LogP contribution in [-0.4, -0.2) is 15.5 Å². The van der Waals surface area contributed by atoms with Crippen molar-refractivity contribution in [1.29, 1.82) is 0 Å². The number of hydrogen-bond donors (Lipinski definition) is 1. The molecule has 3 rings (SSSR count). The highest BCUT2D eigenvalue weighted by Crippen LogP contribution is 2.21. The van der Waals surface area contributed by atoms with Crippen molar-refractivity contribution in [3.8, 4) is 0 Å². The topological polar surface area (TPSA) is 46.9 Å².